The molecule has 1 N–H and O–H groups in total. The summed E-state index contributed by atoms with van der Waals surface area (Å²) in [6.07, 6.45) is 3.03. The number of nitrogens with one attached hydrogen (secondary N) is 1. The normalized spacial score (nSPS) is 41.5. The second kappa shape index (κ2) is 5.45. The van der Waals surface area contributed by atoms with Gasteiger partial charge in [0.15, 0.2) is 0 Å². The van der Waals surface area contributed by atoms with Gasteiger partial charge in [-0.3, -0.25) is 4.90 Å². The van der Waals surface area contributed by atoms with Gasteiger partial charge in [-0.05, 0) is 38.8 Å². The molecule has 0 spiro atoms. The third-order valence-corrected chi connectivity index (χ3v) is 4.85. The molecule has 0 aliphatic carbocycles. The van der Waals surface area contributed by atoms with E-state index in [1.165, 1.54) is 39.0 Å². The molecule has 0 saturated carbocycles. The molecular weight excluding hydrogens is 226 g/mol. The van der Waals surface area contributed by atoms with Crippen LogP contribution in [0.2, 0.25) is 0 Å². The first kappa shape index (κ1) is 12.9. The summed E-state index contributed by atoms with van der Waals surface area (Å²) >= 11 is 0. The minimum atomic E-state index is 0.509. The Morgan fingerprint density at radius 2 is 1.94 bits per heavy atom. The number of likely N-dealkylation sites (tertiary alicyclic amines) is 1. The second-order valence-corrected chi connectivity index (χ2v) is 6.49. The molecule has 18 heavy (non-hydrogen) atoms. The lowest BCUT2D eigenvalue weighted by Crippen LogP contribution is -2.63. The molecule has 3 rings (SSSR count). The molecule has 104 valence electrons. The molecule has 4 heteroatoms. The average Bonchev–Trinajstić information content (AvgIpc) is 2.80. The third kappa shape index (κ3) is 2.57. The summed E-state index contributed by atoms with van der Waals surface area (Å²) in [5.41, 5.74) is 0. The lowest BCUT2D eigenvalue weighted by atomic mass is 9.79. The fourth-order valence-corrected chi connectivity index (χ4v) is 4.23. The van der Waals surface area contributed by atoms with Gasteiger partial charge in [-0.2, -0.15) is 0 Å². The van der Waals surface area contributed by atoms with Gasteiger partial charge < -0.3 is 15.0 Å². The van der Waals surface area contributed by atoms with Crippen LogP contribution in [0.25, 0.3) is 0 Å². The topological polar surface area (TPSA) is 27.7 Å². The fourth-order valence-electron chi connectivity index (χ4n) is 4.23. The van der Waals surface area contributed by atoms with E-state index in [2.05, 4.69) is 29.2 Å². The molecule has 4 nitrogen and oxygen atoms in total. The molecule has 0 aromatic rings. The molecule has 3 fully saturated rings. The van der Waals surface area contributed by atoms with Crippen LogP contribution in [0.1, 0.15) is 12.8 Å². The lowest BCUT2D eigenvalue weighted by molar-refractivity contribution is -0.0119. The Morgan fingerprint density at radius 3 is 2.50 bits per heavy atom. The van der Waals surface area contributed by atoms with Gasteiger partial charge in [0.25, 0.3) is 0 Å². The first-order valence-electron chi connectivity index (χ1n) is 7.45. The summed E-state index contributed by atoms with van der Waals surface area (Å²) < 4.78 is 5.78. The number of hydrogen-bond donors (Lipinski definition) is 1. The van der Waals surface area contributed by atoms with Crippen LogP contribution in [0, 0.1) is 11.8 Å². The number of ether oxygens (including phenoxy) is 1. The van der Waals surface area contributed by atoms with Crippen molar-refractivity contribution < 1.29 is 4.74 Å². The van der Waals surface area contributed by atoms with Gasteiger partial charge in [-0.25, -0.2) is 0 Å². The molecule has 3 heterocycles. The zero-order chi connectivity index (χ0) is 12.5. The molecule has 3 saturated heterocycles. The second-order valence-electron chi connectivity index (χ2n) is 6.49. The Bertz CT molecular complexity index is 264. The van der Waals surface area contributed by atoms with Crippen LogP contribution in [0.5, 0.6) is 0 Å². The summed E-state index contributed by atoms with van der Waals surface area (Å²) in [5.74, 6) is 1.57. The summed E-state index contributed by atoms with van der Waals surface area (Å²) in [7, 11) is 4.48. The van der Waals surface area contributed by atoms with E-state index in [1.807, 2.05) is 0 Å². The molecule has 3 aliphatic heterocycles. The minimum absolute atomic E-state index is 0.509. The maximum atomic E-state index is 5.78. The van der Waals surface area contributed by atoms with Crippen LogP contribution in [0.4, 0.5) is 0 Å². The highest BCUT2D eigenvalue weighted by Gasteiger charge is 2.41. The van der Waals surface area contributed by atoms with Gasteiger partial charge in [0.05, 0.1) is 6.10 Å². The van der Waals surface area contributed by atoms with E-state index < -0.39 is 0 Å². The van der Waals surface area contributed by atoms with Crippen molar-refractivity contribution in [2.45, 2.75) is 25.0 Å². The molecule has 0 radical (unpaired) electrons. The number of fused-ring (bicyclic) bond motifs is 2. The van der Waals surface area contributed by atoms with Crippen LogP contribution in [-0.4, -0.2) is 75.4 Å². The predicted octanol–water partition coefficient (Wildman–Crippen LogP) is 0.247. The van der Waals surface area contributed by atoms with Crippen molar-refractivity contribution >= 4 is 0 Å². The van der Waals surface area contributed by atoms with E-state index >= 15 is 0 Å². The molecular formula is C14H27N3O. The molecule has 3 atom stereocenters. The van der Waals surface area contributed by atoms with Crippen LogP contribution in [0.15, 0.2) is 0 Å². The van der Waals surface area contributed by atoms with E-state index in [-0.39, 0.29) is 0 Å². The van der Waals surface area contributed by atoms with Gasteiger partial charge in [-0.1, -0.05) is 0 Å². The van der Waals surface area contributed by atoms with Gasteiger partial charge in [-0.15, -0.1) is 0 Å². The zero-order valence-electron chi connectivity index (χ0n) is 11.8. The van der Waals surface area contributed by atoms with Crippen molar-refractivity contribution in [3.8, 4) is 0 Å². The Morgan fingerprint density at radius 1 is 1.22 bits per heavy atom. The summed E-state index contributed by atoms with van der Waals surface area (Å²) in [6, 6.07) is 0.770. The molecule has 0 aromatic carbocycles. The fraction of sp³-hybridized carbons (Fsp3) is 1.00. The Kier molecular flexibility index (Phi) is 3.89. The van der Waals surface area contributed by atoms with E-state index in [0.29, 0.717) is 6.10 Å². The summed E-state index contributed by atoms with van der Waals surface area (Å²) in [5, 5.41) is 3.60. The quantitative estimate of drug-likeness (QED) is 0.780. The van der Waals surface area contributed by atoms with E-state index in [4.69, 9.17) is 4.74 Å². The van der Waals surface area contributed by atoms with Crippen molar-refractivity contribution in [2.75, 3.05) is 53.4 Å². The van der Waals surface area contributed by atoms with Crippen LogP contribution < -0.4 is 5.32 Å². The van der Waals surface area contributed by atoms with Crippen molar-refractivity contribution in [1.29, 1.82) is 0 Å². The van der Waals surface area contributed by atoms with Crippen LogP contribution in [0.3, 0.4) is 0 Å². The zero-order valence-corrected chi connectivity index (χ0v) is 11.8. The highest BCUT2D eigenvalue weighted by Crippen LogP contribution is 2.29. The highest BCUT2D eigenvalue weighted by molar-refractivity contribution is 4.97. The number of hydrogen-bond acceptors (Lipinski definition) is 4. The molecule has 3 unspecified atom stereocenters. The van der Waals surface area contributed by atoms with Crippen molar-refractivity contribution in [2.24, 2.45) is 11.8 Å². The van der Waals surface area contributed by atoms with Crippen LogP contribution >= 0.6 is 0 Å². The smallest absolute Gasteiger partial charge is 0.0702 e. The Balaban J connectivity index is 1.60. The molecule has 3 aliphatic rings. The minimum Gasteiger partial charge on any atom is -0.377 e. The maximum Gasteiger partial charge on any atom is 0.0702 e. The number of piperidine rings is 2. The lowest BCUT2D eigenvalue weighted by Gasteiger charge is -2.50. The molecule has 0 amide bonds. The molecule has 0 aromatic heterocycles. The standard InChI is InChI=1S/C14H27N3O/c1-16(2)14-11-6-15-7-12(14)9-17(8-11)10-13-4-3-5-18-13/h11-15H,3-10H2,1-2H3. The van der Waals surface area contributed by atoms with Crippen molar-refractivity contribution in [1.82, 2.24) is 15.1 Å². The molecule has 2 bridgehead atoms. The van der Waals surface area contributed by atoms with E-state index in [0.717, 1.165) is 31.0 Å². The first-order chi connectivity index (χ1) is 8.74. The number of nitrogens with zero attached hydrogens (tertiary/aromatic N) is 2. The highest BCUT2D eigenvalue weighted by atomic mass is 16.5. The summed E-state index contributed by atoms with van der Waals surface area (Å²) in [6.45, 7) is 6.99. The Labute approximate surface area is 111 Å². The largest absolute Gasteiger partial charge is 0.377 e. The third-order valence-electron chi connectivity index (χ3n) is 4.85. The SMILES string of the molecule is CN(C)C1C2CNCC1CN(CC1CCCO1)C2. The summed E-state index contributed by atoms with van der Waals surface area (Å²) in [4.78, 5) is 5.10. The van der Waals surface area contributed by atoms with Crippen LogP contribution in [-0.2, 0) is 4.74 Å². The first-order valence-corrected chi connectivity index (χ1v) is 7.45. The predicted molar refractivity (Wildman–Crippen MR) is 72.7 cm³/mol. The average molecular weight is 253 g/mol. The monoisotopic (exact) mass is 253 g/mol. The van der Waals surface area contributed by atoms with Crippen molar-refractivity contribution in [3.05, 3.63) is 0 Å². The maximum absolute atomic E-state index is 5.78. The van der Waals surface area contributed by atoms with Gasteiger partial charge >= 0.3 is 0 Å². The van der Waals surface area contributed by atoms with Gasteiger partial charge in [0, 0.05) is 45.4 Å². The van der Waals surface area contributed by atoms with Gasteiger partial charge in [0.1, 0.15) is 0 Å². The Hall–Kier alpha value is -0.160. The van der Waals surface area contributed by atoms with E-state index in [9.17, 15) is 0 Å². The number of rotatable bonds is 3. The van der Waals surface area contributed by atoms with Crippen molar-refractivity contribution in [3.63, 3.8) is 0 Å². The van der Waals surface area contributed by atoms with Gasteiger partial charge in [0.2, 0.25) is 0 Å². The van der Waals surface area contributed by atoms with E-state index in [1.54, 1.807) is 0 Å².